The number of nitrogens with zero attached hydrogens (tertiary/aromatic N) is 3. The monoisotopic (exact) mass is 384 g/mol. The number of ether oxygens (including phenoxy) is 2. The molecule has 150 valence electrons. The number of pyridine rings is 1. The molecule has 3 heterocycles. The van der Waals surface area contributed by atoms with E-state index in [1.165, 1.54) is 6.42 Å². The van der Waals surface area contributed by atoms with E-state index in [9.17, 15) is 4.79 Å². The zero-order valence-electron chi connectivity index (χ0n) is 16.4. The number of anilines is 1. The Morgan fingerprint density at radius 2 is 2.14 bits per heavy atom. The first-order valence-electron chi connectivity index (χ1n) is 10.0. The number of amides is 2. The van der Waals surface area contributed by atoms with Crippen LogP contribution in [0.15, 0.2) is 30.5 Å². The Balaban J connectivity index is 1.52. The Bertz CT molecular complexity index is 822. The van der Waals surface area contributed by atoms with Gasteiger partial charge in [0.15, 0.2) is 0 Å². The van der Waals surface area contributed by atoms with Gasteiger partial charge >= 0.3 is 6.03 Å². The zero-order chi connectivity index (χ0) is 19.3. The van der Waals surface area contributed by atoms with Gasteiger partial charge in [-0.3, -0.25) is 9.88 Å². The van der Waals surface area contributed by atoms with Crippen LogP contribution in [0.2, 0.25) is 0 Å². The Hall–Kier alpha value is -2.38. The molecule has 7 nitrogen and oxygen atoms in total. The summed E-state index contributed by atoms with van der Waals surface area (Å²) in [5.41, 5.74) is 1.47. The number of rotatable bonds is 4. The van der Waals surface area contributed by atoms with Crippen LogP contribution < -0.4 is 10.1 Å². The molecule has 0 spiro atoms. The predicted molar refractivity (Wildman–Crippen MR) is 109 cm³/mol. The molecule has 1 aromatic heterocycles. The van der Waals surface area contributed by atoms with Crippen LogP contribution in [0, 0.1) is 0 Å². The van der Waals surface area contributed by atoms with Crippen molar-refractivity contribution in [3.8, 4) is 5.75 Å². The average Bonchev–Trinajstić information content (AvgIpc) is 2.74. The number of likely N-dealkylation sites (tertiary alicyclic amines) is 1. The lowest BCUT2D eigenvalue weighted by Gasteiger charge is -2.39. The number of carbonyl (C=O) groups excluding carboxylic acids is 1. The van der Waals surface area contributed by atoms with Crippen LogP contribution in [0.25, 0.3) is 10.9 Å². The number of morpholine rings is 1. The summed E-state index contributed by atoms with van der Waals surface area (Å²) in [7, 11) is 1.63. The Morgan fingerprint density at radius 1 is 1.29 bits per heavy atom. The van der Waals surface area contributed by atoms with Gasteiger partial charge in [0, 0.05) is 49.9 Å². The Kier molecular flexibility index (Phi) is 5.92. The highest BCUT2D eigenvalue weighted by molar-refractivity contribution is 6.00. The summed E-state index contributed by atoms with van der Waals surface area (Å²) >= 11 is 0. The quantitative estimate of drug-likeness (QED) is 0.878. The van der Waals surface area contributed by atoms with Gasteiger partial charge in [-0.1, -0.05) is 6.07 Å². The van der Waals surface area contributed by atoms with E-state index < -0.39 is 0 Å². The van der Waals surface area contributed by atoms with E-state index in [1.807, 2.05) is 29.2 Å². The van der Waals surface area contributed by atoms with E-state index >= 15 is 0 Å². The number of nitrogens with one attached hydrogen (secondary N) is 1. The summed E-state index contributed by atoms with van der Waals surface area (Å²) in [6.45, 7) is 5.14. The molecule has 2 aliphatic rings. The molecule has 0 bridgehead atoms. The van der Waals surface area contributed by atoms with Gasteiger partial charge in [-0.05, 0) is 31.4 Å². The van der Waals surface area contributed by atoms with Gasteiger partial charge in [0.2, 0.25) is 0 Å². The van der Waals surface area contributed by atoms with E-state index in [0.29, 0.717) is 11.4 Å². The molecule has 2 saturated heterocycles. The largest absolute Gasteiger partial charge is 0.497 e. The van der Waals surface area contributed by atoms with Crippen molar-refractivity contribution >= 4 is 22.6 Å². The van der Waals surface area contributed by atoms with Crippen molar-refractivity contribution in [1.29, 1.82) is 0 Å². The molecule has 1 N–H and O–H groups in total. The van der Waals surface area contributed by atoms with Gasteiger partial charge in [0.05, 0.1) is 31.5 Å². The van der Waals surface area contributed by atoms with E-state index in [1.54, 1.807) is 13.3 Å². The minimum absolute atomic E-state index is 0.0573. The second-order valence-electron chi connectivity index (χ2n) is 7.44. The molecule has 0 saturated carbocycles. The van der Waals surface area contributed by atoms with Gasteiger partial charge in [-0.2, -0.15) is 0 Å². The number of piperidine rings is 1. The second kappa shape index (κ2) is 8.75. The maximum Gasteiger partial charge on any atom is 0.322 e. The van der Waals surface area contributed by atoms with E-state index in [-0.39, 0.29) is 12.1 Å². The number of benzene rings is 1. The molecule has 1 atom stereocenters. The van der Waals surface area contributed by atoms with Crippen molar-refractivity contribution in [2.75, 3.05) is 51.8 Å². The number of methoxy groups -OCH3 is 1. The first-order chi connectivity index (χ1) is 13.7. The van der Waals surface area contributed by atoms with Gasteiger partial charge in [-0.25, -0.2) is 4.79 Å². The summed E-state index contributed by atoms with van der Waals surface area (Å²) in [5.74, 6) is 0.708. The molecule has 2 fully saturated rings. The first kappa shape index (κ1) is 19.0. The van der Waals surface area contributed by atoms with Crippen molar-refractivity contribution in [3.63, 3.8) is 0 Å². The number of fused-ring (bicyclic) bond motifs is 1. The highest BCUT2D eigenvalue weighted by atomic mass is 16.5. The van der Waals surface area contributed by atoms with Crippen LogP contribution in [0.1, 0.15) is 19.3 Å². The van der Waals surface area contributed by atoms with E-state index in [4.69, 9.17) is 9.47 Å². The highest BCUT2D eigenvalue weighted by Gasteiger charge is 2.29. The normalized spacial score (nSPS) is 20.9. The summed E-state index contributed by atoms with van der Waals surface area (Å²) < 4.78 is 10.9. The SMILES string of the molecule is COc1cc(NC(=O)N2CCCC[C@@H]2CN2CCOCC2)c2ncccc2c1. The maximum absolute atomic E-state index is 13.2. The third-order valence-electron chi connectivity index (χ3n) is 5.62. The lowest BCUT2D eigenvalue weighted by Crippen LogP contribution is -2.52. The van der Waals surface area contributed by atoms with Crippen molar-refractivity contribution in [3.05, 3.63) is 30.5 Å². The molecule has 2 amide bonds. The average molecular weight is 384 g/mol. The minimum Gasteiger partial charge on any atom is -0.497 e. The lowest BCUT2D eigenvalue weighted by atomic mass is 10.0. The first-order valence-corrected chi connectivity index (χ1v) is 10.0. The molecule has 28 heavy (non-hydrogen) atoms. The molecule has 2 aliphatic heterocycles. The van der Waals surface area contributed by atoms with Crippen LogP contribution in [-0.4, -0.2) is 73.4 Å². The van der Waals surface area contributed by atoms with Gasteiger partial charge in [0.25, 0.3) is 0 Å². The van der Waals surface area contributed by atoms with Crippen LogP contribution in [0.5, 0.6) is 5.75 Å². The van der Waals surface area contributed by atoms with Crippen LogP contribution in [0.4, 0.5) is 10.5 Å². The third-order valence-corrected chi connectivity index (χ3v) is 5.62. The number of carbonyl (C=O) groups is 1. The standard InChI is InChI=1S/C21H28N4O3/c1-27-18-13-16-5-4-7-22-20(16)19(14-18)23-21(26)25-8-3-2-6-17(25)15-24-9-11-28-12-10-24/h4-5,7,13-14,17H,2-3,6,8-12,15H2,1H3,(H,23,26)/t17-/m1/s1. The molecular weight excluding hydrogens is 356 g/mol. The van der Waals surface area contributed by atoms with Crippen LogP contribution in [-0.2, 0) is 4.74 Å². The van der Waals surface area contributed by atoms with Gasteiger partial charge in [0.1, 0.15) is 5.75 Å². The number of hydrogen-bond acceptors (Lipinski definition) is 5. The smallest absolute Gasteiger partial charge is 0.322 e. The number of hydrogen-bond donors (Lipinski definition) is 1. The maximum atomic E-state index is 13.2. The highest BCUT2D eigenvalue weighted by Crippen LogP contribution is 2.28. The molecule has 1 aromatic carbocycles. The molecule has 0 unspecified atom stereocenters. The van der Waals surface area contributed by atoms with Crippen molar-refractivity contribution < 1.29 is 14.3 Å². The molecule has 4 rings (SSSR count). The van der Waals surface area contributed by atoms with E-state index in [0.717, 1.165) is 63.1 Å². The predicted octanol–water partition coefficient (Wildman–Crippen LogP) is 2.96. The summed E-state index contributed by atoms with van der Waals surface area (Å²) in [6.07, 6.45) is 5.00. The number of aromatic nitrogens is 1. The molecule has 2 aromatic rings. The fourth-order valence-corrected chi connectivity index (χ4v) is 4.10. The fourth-order valence-electron chi connectivity index (χ4n) is 4.10. The lowest BCUT2D eigenvalue weighted by molar-refractivity contribution is 0.0229. The summed E-state index contributed by atoms with van der Waals surface area (Å²) in [6, 6.07) is 7.81. The molecule has 0 aliphatic carbocycles. The minimum atomic E-state index is -0.0573. The van der Waals surface area contributed by atoms with Crippen LogP contribution >= 0.6 is 0 Å². The van der Waals surface area contributed by atoms with E-state index in [2.05, 4.69) is 15.2 Å². The molecule has 7 heteroatoms. The Labute approximate surface area is 165 Å². The topological polar surface area (TPSA) is 66.9 Å². The van der Waals surface area contributed by atoms with Crippen molar-refractivity contribution in [1.82, 2.24) is 14.8 Å². The van der Waals surface area contributed by atoms with Gasteiger partial charge < -0.3 is 19.7 Å². The number of urea groups is 1. The molecular formula is C21H28N4O3. The van der Waals surface area contributed by atoms with Crippen molar-refractivity contribution in [2.45, 2.75) is 25.3 Å². The molecule has 0 radical (unpaired) electrons. The van der Waals surface area contributed by atoms with Crippen molar-refractivity contribution in [2.24, 2.45) is 0 Å². The van der Waals surface area contributed by atoms with Gasteiger partial charge in [-0.15, -0.1) is 0 Å². The summed E-state index contributed by atoms with van der Waals surface area (Å²) in [4.78, 5) is 22.0. The Morgan fingerprint density at radius 3 is 2.96 bits per heavy atom. The second-order valence-corrected chi connectivity index (χ2v) is 7.44. The zero-order valence-corrected chi connectivity index (χ0v) is 16.4. The summed E-state index contributed by atoms with van der Waals surface area (Å²) in [5, 5.41) is 4.04. The fraction of sp³-hybridized carbons (Fsp3) is 0.524. The van der Waals surface area contributed by atoms with Crippen LogP contribution in [0.3, 0.4) is 0 Å². The third kappa shape index (κ3) is 4.20.